The number of ether oxygens (including phenoxy) is 1. The summed E-state index contributed by atoms with van der Waals surface area (Å²) >= 11 is 0. The number of aromatic nitrogens is 2. The number of carbonyl (C=O) groups excluding carboxylic acids is 1. The summed E-state index contributed by atoms with van der Waals surface area (Å²) in [6.07, 6.45) is -0.473. The molecule has 1 N–H and O–H groups in total. The van der Waals surface area contributed by atoms with Crippen LogP contribution >= 0.6 is 0 Å². The van der Waals surface area contributed by atoms with E-state index < -0.39 is 6.10 Å². The van der Waals surface area contributed by atoms with Crippen LogP contribution in [0.15, 0.2) is 10.9 Å². The van der Waals surface area contributed by atoms with Crippen LogP contribution in [0.25, 0.3) is 0 Å². The van der Waals surface area contributed by atoms with Gasteiger partial charge >= 0.3 is 5.69 Å². The minimum atomic E-state index is -0.473. The molecule has 1 amide bonds. The minimum absolute atomic E-state index is 0.173. The first-order valence-corrected chi connectivity index (χ1v) is 6.40. The molecule has 0 aliphatic carbocycles. The fourth-order valence-electron chi connectivity index (χ4n) is 1.81. The normalized spacial score (nSPS) is 12.2. The molecule has 0 fully saturated rings. The van der Waals surface area contributed by atoms with Gasteiger partial charge in [-0.2, -0.15) is 4.98 Å². The van der Waals surface area contributed by atoms with Crippen molar-refractivity contribution in [3.63, 3.8) is 0 Å². The van der Waals surface area contributed by atoms with E-state index in [2.05, 4.69) is 10.3 Å². The zero-order valence-corrected chi connectivity index (χ0v) is 11.9. The number of hydrogen-bond acceptors (Lipinski definition) is 4. The van der Waals surface area contributed by atoms with Gasteiger partial charge in [-0.3, -0.25) is 9.36 Å². The molecule has 1 unspecified atom stereocenters. The molecule has 0 spiro atoms. The fraction of sp³-hybridized carbons (Fsp3) is 0.615. The quantitative estimate of drug-likeness (QED) is 0.809. The number of hydrogen-bond donors (Lipinski definition) is 1. The molecule has 106 valence electrons. The second-order valence-corrected chi connectivity index (χ2v) is 4.36. The van der Waals surface area contributed by atoms with Crippen molar-refractivity contribution in [2.45, 2.75) is 40.3 Å². The smallest absolute Gasteiger partial charge is 0.348 e. The molecule has 1 atom stereocenters. The molecule has 6 heteroatoms. The minimum Gasteiger partial charge on any atom is -0.369 e. The van der Waals surface area contributed by atoms with Crippen LogP contribution < -0.4 is 11.0 Å². The van der Waals surface area contributed by atoms with Crippen LogP contribution in [-0.2, 0) is 16.1 Å². The van der Waals surface area contributed by atoms with E-state index in [0.29, 0.717) is 25.4 Å². The number of rotatable bonds is 6. The lowest BCUT2D eigenvalue weighted by Gasteiger charge is -2.13. The Hall–Kier alpha value is -1.69. The molecule has 1 aromatic heterocycles. The van der Waals surface area contributed by atoms with Gasteiger partial charge in [0, 0.05) is 31.1 Å². The first kappa shape index (κ1) is 15.4. The van der Waals surface area contributed by atoms with Gasteiger partial charge < -0.3 is 10.1 Å². The summed E-state index contributed by atoms with van der Waals surface area (Å²) in [5.74, 6) is -0.173. The van der Waals surface area contributed by atoms with E-state index in [-0.39, 0.29) is 11.6 Å². The molecule has 0 saturated heterocycles. The highest BCUT2D eigenvalue weighted by Crippen LogP contribution is 1.96. The second-order valence-electron chi connectivity index (χ2n) is 4.36. The van der Waals surface area contributed by atoms with Gasteiger partial charge in [-0.25, -0.2) is 4.79 Å². The predicted octanol–water partition coefficient (Wildman–Crippen LogP) is 0.401. The fourth-order valence-corrected chi connectivity index (χ4v) is 1.81. The summed E-state index contributed by atoms with van der Waals surface area (Å²) in [5, 5.41) is 2.73. The molecule has 6 nitrogen and oxygen atoms in total. The summed E-state index contributed by atoms with van der Waals surface area (Å²) < 4.78 is 6.72. The van der Waals surface area contributed by atoms with Crippen molar-refractivity contribution in [3.8, 4) is 0 Å². The van der Waals surface area contributed by atoms with Gasteiger partial charge in [-0.1, -0.05) is 0 Å². The number of carbonyl (C=O) groups is 1. The van der Waals surface area contributed by atoms with Crippen LogP contribution in [-0.4, -0.2) is 34.7 Å². The zero-order chi connectivity index (χ0) is 14.4. The topological polar surface area (TPSA) is 73.2 Å². The van der Waals surface area contributed by atoms with Gasteiger partial charge in [0.15, 0.2) is 0 Å². The predicted molar refractivity (Wildman–Crippen MR) is 72.1 cm³/mol. The Bertz CT molecular complexity index is 496. The Kier molecular flexibility index (Phi) is 5.69. The first-order valence-electron chi connectivity index (χ1n) is 6.40. The Labute approximate surface area is 112 Å². The van der Waals surface area contributed by atoms with E-state index >= 15 is 0 Å². The highest BCUT2D eigenvalue weighted by molar-refractivity contribution is 5.80. The van der Waals surface area contributed by atoms with E-state index in [0.717, 1.165) is 5.69 Å². The molecule has 1 heterocycles. The molecule has 1 aromatic rings. The lowest BCUT2D eigenvalue weighted by Crippen LogP contribution is -2.38. The summed E-state index contributed by atoms with van der Waals surface area (Å²) in [6, 6.07) is 1.84. The van der Waals surface area contributed by atoms with E-state index in [4.69, 9.17) is 4.74 Å². The first-order chi connectivity index (χ1) is 8.95. The van der Waals surface area contributed by atoms with Crippen LogP contribution in [0.5, 0.6) is 0 Å². The highest BCUT2D eigenvalue weighted by Gasteiger charge is 2.11. The molecule has 0 saturated carbocycles. The van der Waals surface area contributed by atoms with Crippen LogP contribution in [0, 0.1) is 13.8 Å². The van der Waals surface area contributed by atoms with Gasteiger partial charge in [0.05, 0.1) is 0 Å². The van der Waals surface area contributed by atoms with E-state index in [9.17, 15) is 9.59 Å². The van der Waals surface area contributed by atoms with Crippen molar-refractivity contribution >= 4 is 5.91 Å². The molecular formula is C13H21N3O3. The third kappa shape index (κ3) is 4.48. The summed E-state index contributed by atoms with van der Waals surface area (Å²) in [4.78, 5) is 27.2. The zero-order valence-electron chi connectivity index (χ0n) is 11.9. The molecule has 0 bridgehead atoms. The van der Waals surface area contributed by atoms with Crippen LogP contribution in [0.4, 0.5) is 0 Å². The van der Waals surface area contributed by atoms with Crippen molar-refractivity contribution < 1.29 is 9.53 Å². The second kappa shape index (κ2) is 7.04. The van der Waals surface area contributed by atoms with E-state index in [1.54, 1.807) is 18.4 Å². The molecule has 0 aliphatic heterocycles. The third-order valence-electron chi connectivity index (χ3n) is 2.77. The monoisotopic (exact) mass is 267 g/mol. The Morgan fingerprint density at radius 2 is 2.21 bits per heavy atom. The number of nitrogens with zero attached hydrogens (tertiary/aromatic N) is 2. The summed E-state index contributed by atoms with van der Waals surface area (Å²) in [5.41, 5.74) is 1.25. The molecule has 0 aromatic carbocycles. The van der Waals surface area contributed by atoms with E-state index in [1.807, 2.05) is 19.9 Å². The Morgan fingerprint density at radius 3 is 2.79 bits per heavy atom. The van der Waals surface area contributed by atoms with Gasteiger partial charge in [0.1, 0.15) is 6.10 Å². The van der Waals surface area contributed by atoms with Gasteiger partial charge in [0.2, 0.25) is 5.91 Å². The average molecular weight is 267 g/mol. The van der Waals surface area contributed by atoms with E-state index in [1.165, 1.54) is 0 Å². The summed E-state index contributed by atoms with van der Waals surface area (Å²) in [7, 11) is 0. The van der Waals surface area contributed by atoms with Gasteiger partial charge in [-0.15, -0.1) is 0 Å². The molecule has 0 aliphatic rings. The van der Waals surface area contributed by atoms with Crippen LogP contribution in [0.2, 0.25) is 0 Å². The number of amides is 1. The van der Waals surface area contributed by atoms with Gasteiger partial charge in [0.25, 0.3) is 0 Å². The van der Waals surface area contributed by atoms with Crippen LogP contribution in [0.1, 0.15) is 25.2 Å². The van der Waals surface area contributed by atoms with Crippen LogP contribution in [0.3, 0.4) is 0 Å². The third-order valence-corrected chi connectivity index (χ3v) is 2.77. The van der Waals surface area contributed by atoms with Crippen molar-refractivity contribution in [1.82, 2.24) is 14.9 Å². The average Bonchev–Trinajstić information content (AvgIpc) is 2.32. The molecule has 0 radical (unpaired) electrons. The lowest BCUT2D eigenvalue weighted by molar-refractivity contribution is -0.131. The maximum atomic E-state index is 11.7. The SMILES string of the molecule is CCOC(C)C(=O)NCCn1c(C)cc(C)nc1=O. The highest BCUT2D eigenvalue weighted by atomic mass is 16.5. The Balaban J connectivity index is 2.55. The maximum Gasteiger partial charge on any atom is 0.348 e. The largest absolute Gasteiger partial charge is 0.369 e. The van der Waals surface area contributed by atoms with Gasteiger partial charge in [-0.05, 0) is 33.8 Å². The van der Waals surface area contributed by atoms with Crippen molar-refractivity contribution in [1.29, 1.82) is 0 Å². The van der Waals surface area contributed by atoms with Crippen molar-refractivity contribution in [3.05, 3.63) is 27.9 Å². The number of nitrogens with one attached hydrogen (secondary N) is 1. The summed E-state index contributed by atoms with van der Waals surface area (Å²) in [6.45, 7) is 8.44. The molecule has 1 rings (SSSR count). The standard InChI is InChI=1S/C13H21N3O3/c1-5-19-11(4)12(17)14-6-7-16-10(3)8-9(2)15-13(16)18/h8,11H,5-7H2,1-4H3,(H,14,17). The molecular weight excluding hydrogens is 246 g/mol. The number of aryl methyl sites for hydroxylation is 2. The maximum absolute atomic E-state index is 11.7. The van der Waals surface area contributed by atoms with Crippen molar-refractivity contribution in [2.75, 3.05) is 13.2 Å². The molecule has 19 heavy (non-hydrogen) atoms. The van der Waals surface area contributed by atoms with Crippen molar-refractivity contribution in [2.24, 2.45) is 0 Å². The Morgan fingerprint density at radius 1 is 1.53 bits per heavy atom. The lowest BCUT2D eigenvalue weighted by atomic mass is 10.3.